The summed E-state index contributed by atoms with van der Waals surface area (Å²) in [6.07, 6.45) is 4.19. The summed E-state index contributed by atoms with van der Waals surface area (Å²) in [6.45, 7) is 15.5. The van der Waals surface area contributed by atoms with E-state index < -0.39 is 0 Å². The zero-order chi connectivity index (χ0) is 24.6. The van der Waals surface area contributed by atoms with E-state index in [0.717, 1.165) is 30.6 Å². The Hall–Kier alpha value is -1.85. The quantitative estimate of drug-likeness (QED) is 0.474. The van der Waals surface area contributed by atoms with Crippen LogP contribution in [0.15, 0.2) is 18.2 Å². The number of nitrogens with two attached hydrogens (primary N) is 1. The van der Waals surface area contributed by atoms with Gasteiger partial charge in [0.1, 0.15) is 5.75 Å². The lowest BCUT2D eigenvalue weighted by atomic mass is 9.69. The fourth-order valence-electron chi connectivity index (χ4n) is 4.95. The van der Waals surface area contributed by atoms with Crippen molar-refractivity contribution in [3.05, 3.63) is 39.8 Å². The van der Waals surface area contributed by atoms with Crippen LogP contribution in [0.2, 0.25) is 0 Å². The van der Waals surface area contributed by atoms with Gasteiger partial charge in [-0.1, -0.05) is 40.2 Å². The molecule has 0 spiro atoms. The molecular weight excluding hydrogens is 430 g/mol. The molecule has 5 heteroatoms. The molecule has 4 nitrogen and oxygen atoms in total. The van der Waals surface area contributed by atoms with Crippen LogP contribution >= 0.6 is 11.3 Å². The minimum atomic E-state index is -0.306. The molecule has 1 aromatic heterocycles. The van der Waals surface area contributed by atoms with Crippen molar-refractivity contribution in [1.82, 2.24) is 0 Å². The van der Waals surface area contributed by atoms with Gasteiger partial charge in [0.2, 0.25) is 0 Å². The Balaban J connectivity index is 0.000000968. The van der Waals surface area contributed by atoms with E-state index in [1.165, 1.54) is 32.9 Å². The molecule has 0 radical (unpaired) electrons. The molecule has 2 aliphatic rings. The van der Waals surface area contributed by atoms with Crippen molar-refractivity contribution in [2.45, 2.75) is 91.0 Å². The number of thiophene rings is 1. The number of carbonyl (C=O) groups excluding carboxylic acids is 1. The normalized spacial score (nSPS) is 24.9. The summed E-state index contributed by atoms with van der Waals surface area (Å²) in [5.74, 6) is 1.00. The van der Waals surface area contributed by atoms with Gasteiger partial charge in [-0.3, -0.25) is 4.79 Å². The maximum atomic E-state index is 12.1. The zero-order valence-electron chi connectivity index (χ0n) is 21.6. The lowest BCUT2D eigenvalue weighted by molar-refractivity contribution is -0.144. The highest BCUT2D eigenvalue weighted by molar-refractivity contribution is 7.16. The van der Waals surface area contributed by atoms with Crippen LogP contribution in [0.1, 0.15) is 94.7 Å². The van der Waals surface area contributed by atoms with E-state index in [2.05, 4.69) is 53.7 Å². The Bertz CT molecular complexity index is 1000. The second-order valence-corrected chi connectivity index (χ2v) is 11.4. The van der Waals surface area contributed by atoms with Gasteiger partial charge >= 0.3 is 5.97 Å². The van der Waals surface area contributed by atoms with Crippen LogP contribution in [0.3, 0.4) is 0 Å². The minimum absolute atomic E-state index is 0.0184. The number of hydrogen-bond donors (Lipinski definition) is 1. The maximum Gasteiger partial charge on any atom is 0.309 e. The molecule has 0 saturated heterocycles. The van der Waals surface area contributed by atoms with Gasteiger partial charge in [-0.15, -0.1) is 11.3 Å². The van der Waals surface area contributed by atoms with Crippen molar-refractivity contribution in [3.8, 4) is 16.2 Å². The van der Waals surface area contributed by atoms with Gasteiger partial charge in [-0.25, -0.2) is 0 Å². The largest absolute Gasteiger partial charge is 0.496 e. The highest BCUT2D eigenvalue weighted by Crippen LogP contribution is 2.54. The molecule has 3 atom stereocenters. The molecule has 33 heavy (non-hydrogen) atoms. The molecule has 3 unspecified atom stereocenters. The third-order valence-electron chi connectivity index (χ3n) is 6.88. The predicted molar refractivity (Wildman–Crippen MR) is 138 cm³/mol. The number of ether oxygens (including phenoxy) is 2. The second kappa shape index (κ2) is 9.79. The molecule has 182 valence electrons. The van der Waals surface area contributed by atoms with E-state index >= 15 is 0 Å². The number of methoxy groups -OCH3 is 1. The first-order valence-electron chi connectivity index (χ1n) is 12.3. The van der Waals surface area contributed by atoms with E-state index in [-0.39, 0.29) is 28.8 Å². The molecular formula is C28H41NO3S. The van der Waals surface area contributed by atoms with Crippen LogP contribution in [0.25, 0.3) is 10.4 Å². The van der Waals surface area contributed by atoms with Gasteiger partial charge in [0.05, 0.1) is 19.6 Å². The maximum absolute atomic E-state index is 12.1. The summed E-state index contributed by atoms with van der Waals surface area (Å²) in [4.78, 5) is 14.8. The van der Waals surface area contributed by atoms with E-state index in [0.29, 0.717) is 6.61 Å². The lowest BCUT2D eigenvalue weighted by Gasteiger charge is -2.39. The Labute approximate surface area is 203 Å². The Morgan fingerprint density at radius 3 is 2.42 bits per heavy atom. The number of hydrogen-bond acceptors (Lipinski definition) is 5. The first kappa shape index (κ1) is 25.8. The van der Waals surface area contributed by atoms with Crippen LogP contribution in [0.5, 0.6) is 5.75 Å². The van der Waals surface area contributed by atoms with Crippen molar-refractivity contribution in [1.29, 1.82) is 0 Å². The molecule has 0 amide bonds. The number of rotatable bonds is 5. The molecule has 1 fully saturated rings. The summed E-state index contributed by atoms with van der Waals surface area (Å²) in [5, 5.41) is 0. The molecule has 0 aliphatic heterocycles. The minimum Gasteiger partial charge on any atom is -0.496 e. The van der Waals surface area contributed by atoms with Crippen LogP contribution in [0.4, 0.5) is 0 Å². The topological polar surface area (TPSA) is 61.5 Å². The smallest absolute Gasteiger partial charge is 0.309 e. The van der Waals surface area contributed by atoms with Crippen molar-refractivity contribution < 1.29 is 14.3 Å². The van der Waals surface area contributed by atoms with Crippen molar-refractivity contribution in [2.75, 3.05) is 13.7 Å². The van der Waals surface area contributed by atoms with Crippen LogP contribution in [-0.4, -0.2) is 19.7 Å². The summed E-state index contributed by atoms with van der Waals surface area (Å²) >= 11 is 1.86. The van der Waals surface area contributed by atoms with E-state index in [9.17, 15) is 4.79 Å². The van der Waals surface area contributed by atoms with E-state index in [1.807, 2.05) is 24.3 Å². The molecule has 2 aliphatic carbocycles. The SMILES string of the molecule is CCC.CCOC(=O)C1CC1c1ccc(OC)c(-c2sc3c(c2C)C(C)(N)CCC3(C)C)c1. The van der Waals surface area contributed by atoms with Gasteiger partial charge in [-0.05, 0) is 80.2 Å². The molecule has 2 N–H and O–H groups in total. The van der Waals surface area contributed by atoms with Gasteiger partial charge in [0.25, 0.3) is 0 Å². The van der Waals surface area contributed by atoms with Crippen LogP contribution in [0, 0.1) is 12.8 Å². The zero-order valence-corrected chi connectivity index (χ0v) is 22.4. The third-order valence-corrected chi connectivity index (χ3v) is 8.57. The van der Waals surface area contributed by atoms with Gasteiger partial charge in [0.15, 0.2) is 0 Å². The number of benzene rings is 1. The molecule has 2 aromatic rings. The van der Waals surface area contributed by atoms with Gasteiger partial charge in [0, 0.05) is 20.9 Å². The fraction of sp³-hybridized carbons (Fsp3) is 0.607. The highest BCUT2D eigenvalue weighted by Gasteiger charge is 2.46. The van der Waals surface area contributed by atoms with Gasteiger partial charge < -0.3 is 15.2 Å². The number of esters is 1. The first-order valence-corrected chi connectivity index (χ1v) is 13.1. The standard InChI is InChI=1S/C25H33NO3S.C3H8/c1-7-29-23(27)17-13-16(17)15-8-9-19(28-6)18(12-15)21-14(2)20-22(30-21)24(3,4)10-11-25(20,5)26;1-3-2/h8-9,12,16-17H,7,10-11,13,26H2,1-6H3;3H2,1-2H3. The third kappa shape index (κ3) is 5.00. The Morgan fingerprint density at radius 1 is 1.18 bits per heavy atom. The first-order chi connectivity index (χ1) is 15.5. The summed E-state index contributed by atoms with van der Waals surface area (Å²) < 4.78 is 11.0. The Morgan fingerprint density at radius 2 is 1.85 bits per heavy atom. The fourth-order valence-corrected chi connectivity index (χ4v) is 6.55. The molecule has 0 bridgehead atoms. The molecule has 1 aromatic carbocycles. The average Bonchev–Trinajstić information content (AvgIpc) is 3.47. The van der Waals surface area contributed by atoms with Crippen LogP contribution < -0.4 is 10.5 Å². The second-order valence-electron chi connectivity index (χ2n) is 10.4. The monoisotopic (exact) mass is 471 g/mol. The molecule has 1 saturated carbocycles. The number of fused-ring (bicyclic) bond motifs is 1. The van der Waals surface area contributed by atoms with E-state index in [1.54, 1.807) is 7.11 Å². The number of carbonyl (C=O) groups is 1. The van der Waals surface area contributed by atoms with E-state index in [4.69, 9.17) is 15.2 Å². The summed E-state index contributed by atoms with van der Waals surface area (Å²) in [5.41, 5.74) is 11.4. The van der Waals surface area contributed by atoms with Crippen molar-refractivity contribution >= 4 is 17.3 Å². The molecule has 4 rings (SSSR count). The molecule has 1 heterocycles. The van der Waals surface area contributed by atoms with Crippen molar-refractivity contribution in [2.24, 2.45) is 11.7 Å². The van der Waals surface area contributed by atoms with Crippen LogP contribution in [-0.2, 0) is 20.5 Å². The Kier molecular flexibility index (Phi) is 7.65. The van der Waals surface area contributed by atoms with Crippen molar-refractivity contribution in [3.63, 3.8) is 0 Å². The summed E-state index contributed by atoms with van der Waals surface area (Å²) in [7, 11) is 1.72. The summed E-state index contributed by atoms with van der Waals surface area (Å²) in [6, 6.07) is 6.34. The lowest BCUT2D eigenvalue weighted by Crippen LogP contribution is -2.41. The van der Waals surface area contributed by atoms with Gasteiger partial charge in [-0.2, -0.15) is 0 Å². The average molecular weight is 472 g/mol. The predicted octanol–water partition coefficient (Wildman–Crippen LogP) is 7.06. The highest BCUT2D eigenvalue weighted by atomic mass is 32.1.